The molecule has 0 atom stereocenters. The largest absolute Gasteiger partial charge is 0.496 e. The molecular weight excluding hydrogens is 390 g/mol. The summed E-state index contributed by atoms with van der Waals surface area (Å²) >= 11 is 1.33. The molecule has 2 aromatic carbocycles. The number of anilines is 1. The lowest BCUT2D eigenvalue weighted by molar-refractivity contribution is 0.0503. The first-order valence-electron chi connectivity index (χ1n) is 9.31. The van der Waals surface area contributed by atoms with E-state index in [2.05, 4.69) is 5.32 Å². The monoisotopic (exact) mass is 413 g/mol. The van der Waals surface area contributed by atoms with Crippen molar-refractivity contribution in [3.63, 3.8) is 0 Å². The number of esters is 1. The minimum atomic E-state index is -0.446. The first kappa shape index (κ1) is 20.7. The van der Waals surface area contributed by atoms with Crippen LogP contribution in [0, 0.1) is 0 Å². The number of hydrogen-bond donors (Lipinski definition) is 1. The Balaban J connectivity index is 1.99. The molecule has 0 radical (unpaired) electrons. The summed E-state index contributed by atoms with van der Waals surface area (Å²) in [5.41, 5.74) is 0.629. The van der Waals surface area contributed by atoms with Crippen LogP contribution in [-0.2, 0) is 4.74 Å². The number of amides is 1. The minimum Gasteiger partial charge on any atom is -0.496 e. The van der Waals surface area contributed by atoms with E-state index in [0.717, 1.165) is 22.9 Å². The van der Waals surface area contributed by atoms with Gasteiger partial charge in [0.05, 0.1) is 20.8 Å². The Kier molecular flexibility index (Phi) is 6.72. The third-order valence-electron chi connectivity index (χ3n) is 4.41. The van der Waals surface area contributed by atoms with Crippen molar-refractivity contribution < 1.29 is 23.8 Å². The molecule has 3 rings (SSSR count). The predicted octanol–water partition coefficient (Wildman–Crippen LogP) is 5.13. The van der Waals surface area contributed by atoms with E-state index in [9.17, 15) is 9.59 Å². The smallest absolute Gasteiger partial charge is 0.341 e. The number of ether oxygens (including phenoxy) is 3. The van der Waals surface area contributed by atoms with Crippen LogP contribution in [0.1, 0.15) is 40.5 Å². The summed E-state index contributed by atoms with van der Waals surface area (Å²) in [6, 6.07) is 12.6. The van der Waals surface area contributed by atoms with Crippen LogP contribution in [0.15, 0.2) is 42.5 Å². The van der Waals surface area contributed by atoms with Crippen LogP contribution in [0.3, 0.4) is 0 Å². The molecule has 0 aliphatic rings. The molecule has 0 aliphatic carbocycles. The molecule has 7 heteroatoms. The molecule has 0 fully saturated rings. The number of carbonyl (C=O) groups excluding carboxylic acids is 2. The van der Waals surface area contributed by atoms with Crippen molar-refractivity contribution in [3.8, 4) is 11.5 Å². The van der Waals surface area contributed by atoms with E-state index in [0.29, 0.717) is 28.7 Å². The average Bonchev–Trinajstić information content (AvgIpc) is 3.10. The van der Waals surface area contributed by atoms with Gasteiger partial charge in [-0.1, -0.05) is 37.6 Å². The maximum Gasteiger partial charge on any atom is 0.341 e. The fourth-order valence-electron chi connectivity index (χ4n) is 2.96. The molecule has 152 valence electrons. The van der Waals surface area contributed by atoms with Crippen LogP contribution in [0.2, 0.25) is 0 Å². The number of benzene rings is 2. The maximum atomic E-state index is 13.1. The SMILES string of the molecule is CCCCOC(=O)c1c(NC(=O)c2c(OC)cccc2OC)sc2ccccc12. The third kappa shape index (κ3) is 4.35. The Morgan fingerprint density at radius 3 is 2.31 bits per heavy atom. The molecule has 29 heavy (non-hydrogen) atoms. The van der Waals surface area contributed by atoms with Crippen molar-refractivity contribution in [2.45, 2.75) is 19.8 Å². The molecule has 1 aromatic heterocycles. The highest BCUT2D eigenvalue weighted by atomic mass is 32.1. The van der Waals surface area contributed by atoms with Gasteiger partial charge in [0.15, 0.2) is 0 Å². The zero-order valence-corrected chi connectivity index (χ0v) is 17.4. The summed E-state index contributed by atoms with van der Waals surface area (Å²) in [5.74, 6) is -0.100. The van der Waals surface area contributed by atoms with Gasteiger partial charge in [-0.25, -0.2) is 4.79 Å². The number of thiophene rings is 1. The van der Waals surface area contributed by atoms with Gasteiger partial charge in [0.2, 0.25) is 0 Å². The van der Waals surface area contributed by atoms with Crippen molar-refractivity contribution in [1.82, 2.24) is 0 Å². The highest BCUT2D eigenvalue weighted by Crippen LogP contribution is 2.37. The summed E-state index contributed by atoms with van der Waals surface area (Å²) in [5, 5.41) is 4.04. The minimum absolute atomic E-state index is 0.264. The van der Waals surface area contributed by atoms with E-state index in [-0.39, 0.29) is 5.56 Å². The first-order chi connectivity index (χ1) is 14.1. The Morgan fingerprint density at radius 2 is 1.66 bits per heavy atom. The molecule has 0 unspecified atom stereocenters. The number of rotatable bonds is 8. The van der Waals surface area contributed by atoms with E-state index in [1.165, 1.54) is 25.6 Å². The normalized spacial score (nSPS) is 10.6. The van der Waals surface area contributed by atoms with E-state index in [1.807, 2.05) is 31.2 Å². The highest BCUT2D eigenvalue weighted by Gasteiger charge is 2.24. The Hall–Kier alpha value is -3.06. The first-order valence-corrected chi connectivity index (χ1v) is 10.1. The Labute approximate surface area is 173 Å². The molecular formula is C22H23NO5S. The van der Waals surface area contributed by atoms with Crippen molar-refractivity contribution in [3.05, 3.63) is 53.6 Å². The van der Waals surface area contributed by atoms with Gasteiger partial charge in [-0.05, 0) is 24.6 Å². The molecule has 0 bridgehead atoms. The number of unbranched alkanes of at least 4 members (excludes halogenated alkanes) is 1. The molecule has 1 N–H and O–H groups in total. The van der Waals surface area contributed by atoms with Gasteiger partial charge in [-0.2, -0.15) is 0 Å². The van der Waals surface area contributed by atoms with Crippen molar-refractivity contribution in [2.24, 2.45) is 0 Å². The molecule has 1 heterocycles. The van der Waals surface area contributed by atoms with Crippen molar-refractivity contribution in [2.75, 3.05) is 26.1 Å². The van der Waals surface area contributed by atoms with Gasteiger partial charge in [0.1, 0.15) is 27.6 Å². The molecule has 6 nitrogen and oxygen atoms in total. The summed E-state index contributed by atoms with van der Waals surface area (Å²) < 4.78 is 16.9. The lowest BCUT2D eigenvalue weighted by Gasteiger charge is -2.13. The van der Waals surface area contributed by atoms with Crippen molar-refractivity contribution in [1.29, 1.82) is 0 Å². The molecule has 0 aliphatic heterocycles. The topological polar surface area (TPSA) is 73.9 Å². The maximum absolute atomic E-state index is 13.1. The number of methoxy groups -OCH3 is 2. The number of fused-ring (bicyclic) bond motifs is 1. The quantitative estimate of drug-likeness (QED) is 0.409. The second-order valence-electron chi connectivity index (χ2n) is 6.28. The standard InChI is InChI=1S/C22H23NO5S/c1-4-5-13-28-22(25)18-14-9-6-7-12-17(14)29-21(18)23-20(24)19-15(26-2)10-8-11-16(19)27-3/h6-12H,4-5,13H2,1-3H3,(H,23,24). The van der Waals surface area contributed by atoms with Gasteiger partial charge in [0, 0.05) is 10.1 Å². The number of carbonyl (C=O) groups is 2. The van der Waals surface area contributed by atoms with Crippen LogP contribution in [0.4, 0.5) is 5.00 Å². The second kappa shape index (κ2) is 9.43. The molecule has 3 aromatic rings. The van der Waals surface area contributed by atoms with Gasteiger partial charge in [0.25, 0.3) is 5.91 Å². The zero-order chi connectivity index (χ0) is 20.8. The van der Waals surface area contributed by atoms with E-state index >= 15 is 0 Å². The summed E-state index contributed by atoms with van der Waals surface area (Å²) in [6.45, 7) is 2.37. The van der Waals surface area contributed by atoms with Crippen LogP contribution < -0.4 is 14.8 Å². The van der Waals surface area contributed by atoms with E-state index in [4.69, 9.17) is 14.2 Å². The number of nitrogens with one attached hydrogen (secondary N) is 1. The molecule has 0 saturated carbocycles. The second-order valence-corrected chi connectivity index (χ2v) is 7.34. The third-order valence-corrected chi connectivity index (χ3v) is 5.50. The van der Waals surface area contributed by atoms with Gasteiger partial charge in [-0.15, -0.1) is 11.3 Å². The van der Waals surface area contributed by atoms with Crippen LogP contribution in [0.5, 0.6) is 11.5 Å². The van der Waals surface area contributed by atoms with Gasteiger partial charge >= 0.3 is 5.97 Å². The summed E-state index contributed by atoms with van der Waals surface area (Å²) in [7, 11) is 2.98. The van der Waals surface area contributed by atoms with Crippen LogP contribution in [-0.4, -0.2) is 32.7 Å². The van der Waals surface area contributed by atoms with Gasteiger partial charge < -0.3 is 19.5 Å². The van der Waals surface area contributed by atoms with Gasteiger partial charge in [-0.3, -0.25) is 4.79 Å². The van der Waals surface area contributed by atoms with Crippen molar-refractivity contribution >= 4 is 38.3 Å². The zero-order valence-electron chi connectivity index (χ0n) is 16.6. The van der Waals surface area contributed by atoms with Crippen LogP contribution in [0.25, 0.3) is 10.1 Å². The average molecular weight is 413 g/mol. The van der Waals surface area contributed by atoms with E-state index in [1.54, 1.807) is 18.2 Å². The lowest BCUT2D eigenvalue weighted by Crippen LogP contribution is -2.16. The highest BCUT2D eigenvalue weighted by molar-refractivity contribution is 7.23. The fourth-order valence-corrected chi connectivity index (χ4v) is 4.04. The molecule has 0 saturated heterocycles. The fraction of sp³-hybridized carbons (Fsp3) is 0.273. The van der Waals surface area contributed by atoms with E-state index < -0.39 is 11.9 Å². The Morgan fingerprint density at radius 1 is 0.966 bits per heavy atom. The van der Waals surface area contributed by atoms with Crippen LogP contribution >= 0.6 is 11.3 Å². The Bertz CT molecular complexity index is 1000. The molecule has 0 spiro atoms. The predicted molar refractivity (Wildman–Crippen MR) is 115 cm³/mol. The lowest BCUT2D eigenvalue weighted by atomic mass is 10.1. The summed E-state index contributed by atoms with van der Waals surface area (Å²) in [6.07, 6.45) is 1.71. The molecule has 1 amide bonds. The summed E-state index contributed by atoms with van der Waals surface area (Å²) in [4.78, 5) is 25.8. The number of hydrogen-bond acceptors (Lipinski definition) is 6.